The Morgan fingerprint density at radius 3 is 2.93 bits per heavy atom. The number of benzene rings is 2. The van der Waals surface area contributed by atoms with Gasteiger partial charge in [-0.25, -0.2) is 4.98 Å². The molecule has 1 aliphatic rings. The fourth-order valence-electron chi connectivity index (χ4n) is 3.18. The van der Waals surface area contributed by atoms with E-state index in [1.165, 1.54) is 0 Å². The van der Waals surface area contributed by atoms with Crippen LogP contribution in [0.3, 0.4) is 0 Å². The smallest absolute Gasteiger partial charge is 0.229 e. The zero-order chi connectivity index (χ0) is 18.6. The monoisotopic (exact) mass is 384 g/mol. The first-order valence-corrected chi connectivity index (χ1v) is 9.33. The summed E-state index contributed by atoms with van der Waals surface area (Å²) in [4.78, 5) is 9.30. The van der Waals surface area contributed by atoms with Gasteiger partial charge in [0.05, 0.1) is 24.4 Å². The summed E-state index contributed by atoms with van der Waals surface area (Å²) in [6.07, 6.45) is 2.40. The average Bonchev–Trinajstić information content (AvgIpc) is 3.20. The van der Waals surface area contributed by atoms with E-state index in [-0.39, 0.29) is 6.10 Å². The van der Waals surface area contributed by atoms with Crippen LogP contribution in [0.5, 0.6) is 5.75 Å². The highest BCUT2D eigenvalue weighted by Crippen LogP contribution is 2.31. The van der Waals surface area contributed by atoms with Crippen LogP contribution in [0.4, 0.5) is 17.5 Å². The van der Waals surface area contributed by atoms with E-state index in [1.807, 2.05) is 30.3 Å². The first-order valence-electron chi connectivity index (χ1n) is 8.96. The van der Waals surface area contributed by atoms with Crippen LogP contribution in [0.25, 0.3) is 10.9 Å². The predicted molar refractivity (Wildman–Crippen MR) is 108 cm³/mol. The Labute approximate surface area is 162 Å². The Balaban J connectivity index is 1.65. The van der Waals surface area contributed by atoms with Gasteiger partial charge in [0.15, 0.2) is 0 Å². The maximum atomic E-state index is 6.13. The number of para-hydroxylation sites is 1. The van der Waals surface area contributed by atoms with Gasteiger partial charge in [0, 0.05) is 23.6 Å². The molecule has 0 amide bonds. The van der Waals surface area contributed by atoms with Crippen LogP contribution in [-0.4, -0.2) is 36.3 Å². The van der Waals surface area contributed by atoms with Gasteiger partial charge in [-0.3, -0.25) is 0 Å². The summed E-state index contributed by atoms with van der Waals surface area (Å²) in [7, 11) is 1.62. The second kappa shape index (κ2) is 7.98. The van der Waals surface area contributed by atoms with Crippen LogP contribution >= 0.6 is 11.6 Å². The van der Waals surface area contributed by atoms with Crippen molar-refractivity contribution >= 4 is 40.0 Å². The van der Waals surface area contributed by atoms with Crippen molar-refractivity contribution in [3.8, 4) is 5.75 Å². The third-order valence-corrected chi connectivity index (χ3v) is 4.77. The summed E-state index contributed by atoms with van der Waals surface area (Å²) < 4.78 is 11.1. The number of hydrogen-bond acceptors (Lipinski definition) is 6. The van der Waals surface area contributed by atoms with Gasteiger partial charge in [-0.2, -0.15) is 4.98 Å². The van der Waals surface area contributed by atoms with Crippen molar-refractivity contribution in [1.29, 1.82) is 0 Å². The number of nitrogens with one attached hydrogen (secondary N) is 2. The summed E-state index contributed by atoms with van der Waals surface area (Å²) in [5, 5.41) is 8.22. The highest BCUT2D eigenvalue weighted by atomic mass is 35.5. The van der Waals surface area contributed by atoms with Crippen LogP contribution in [-0.2, 0) is 4.74 Å². The third kappa shape index (κ3) is 4.07. The lowest BCUT2D eigenvalue weighted by molar-refractivity contribution is 0.120. The standard InChI is InChI=1S/C20H21ClN4O2/c1-26-18-9-8-13(21)11-17(18)24-20-23-16-7-3-2-6-15(16)19(25-20)22-12-14-5-4-10-27-14/h2-3,6-9,11,14H,4-5,10,12H2,1H3,(H2,22,23,24,25)/t14-/m0/s1. The summed E-state index contributed by atoms with van der Waals surface area (Å²) in [6.45, 7) is 1.55. The van der Waals surface area contributed by atoms with E-state index in [1.54, 1.807) is 19.2 Å². The molecular weight excluding hydrogens is 364 g/mol. The van der Waals surface area contributed by atoms with Crippen molar-refractivity contribution in [3.05, 3.63) is 47.5 Å². The quantitative estimate of drug-likeness (QED) is 0.646. The summed E-state index contributed by atoms with van der Waals surface area (Å²) >= 11 is 6.13. The second-order valence-corrected chi connectivity index (χ2v) is 6.83. The van der Waals surface area contributed by atoms with Crippen molar-refractivity contribution in [2.24, 2.45) is 0 Å². The van der Waals surface area contributed by atoms with E-state index in [4.69, 9.17) is 21.1 Å². The molecule has 7 heteroatoms. The maximum Gasteiger partial charge on any atom is 0.229 e. The fourth-order valence-corrected chi connectivity index (χ4v) is 3.35. The lowest BCUT2D eigenvalue weighted by atomic mass is 10.2. The number of halogens is 1. The lowest BCUT2D eigenvalue weighted by Gasteiger charge is -2.15. The Kier molecular flexibility index (Phi) is 5.27. The number of fused-ring (bicyclic) bond motifs is 1. The molecule has 27 heavy (non-hydrogen) atoms. The van der Waals surface area contributed by atoms with Gasteiger partial charge in [0.1, 0.15) is 11.6 Å². The molecule has 1 atom stereocenters. The number of ether oxygens (including phenoxy) is 2. The average molecular weight is 385 g/mol. The molecule has 4 rings (SSSR count). The number of methoxy groups -OCH3 is 1. The molecule has 1 aromatic heterocycles. The normalized spacial score (nSPS) is 16.4. The topological polar surface area (TPSA) is 68.3 Å². The Morgan fingerprint density at radius 2 is 2.11 bits per heavy atom. The summed E-state index contributed by atoms with van der Waals surface area (Å²) in [5.74, 6) is 1.92. The maximum absolute atomic E-state index is 6.13. The minimum absolute atomic E-state index is 0.225. The van der Waals surface area contributed by atoms with E-state index in [0.717, 1.165) is 42.7 Å². The van der Waals surface area contributed by atoms with Crippen LogP contribution in [0.2, 0.25) is 5.02 Å². The van der Waals surface area contributed by atoms with Gasteiger partial charge in [0.25, 0.3) is 0 Å². The highest BCUT2D eigenvalue weighted by molar-refractivity contribution is 6.31. The largest absolute Gasteiger partial charge is 0.495 e. The van der Waals surface area contributed by atoms with Gasteiger partial charge >= 0.3 is 0 Å². The Bertz CT molecular complexity index is 944. The molecule has 0 aliphatic carbocycles. The molecule has 0 spiro atoms. The van der Waals surface area contributed by atoms with Crippen molar-refractivity contribution in [1.82, 2.24) is 9.97 Å². The molecule has 1 aliphatic heterocycles. The lowest BCUT2D eigenvalue weighted by Crippen LogP contribution is -2.19. The molecule has 140 valence electrons. The number of anilines is 3. The molecular formula is C20H21ClN4O2. The highest BCUT2D eigenvalue weighted by Gasteiger charge is 2.16. The minimum atomic E-state index is 0.225. The van der Waals surface area contributed by atoms with Crippen molar-refractivity contribution < 1.29 is 9.47 Å². The van der Waals surface area contributed by atoms with E-state index in [9.17, 15) is 0 Å². The number of rotatable bonds is 6. The second-order valence-electron chi connectivity index (χ2n) is 6.40. The predicted octanol–water partition coefficient (Wildman–Crippen LogP) is 4.63. The van der Waals surface area contributed by atoms with Crippen LogP contribution in [0.1, 0.15) is 12.8 Å². The SMILES string of the molecule is COc1ccc(Cl)cc1Nc1nc(NC[C@@H]2CCCO2)c2ccccc2n1. The molecule has 0 radical (unpaired) electrons. The molecule has 3 aromatic rings. The van der Waals surface area contributed by atoms with E-state index >= 15 is 0 Å². The van der Waals surface area contributed by atoms with Crippen LogP contribution < -0.4 is 15.4 Å². The molecule has 1 saturated heterocycles. The minimum Gasteiger partial charge on any atom is -0.495 e. The zero-order valence-electron chi connectivity index (χ0n) is 15.0. The van der Waals surface area contributed by atoms with Crippen molar-refractivity contribution in [3.63, 3.8) is 0 Å². The third-order valence-electron chi connectivity index (χ3n) is 4.53. The fraction of sp³-hybridized carbons (Fsp3) is 0.300. The summed E-state index contributed by atoms with van der Waals surface area (Å²) in [5.41, 5.74) is 1.57. The zero-order valence-corrected chi connectivity index (χ0v) is 15.8. The van der Waals surface area contributed by atoms with Gasteiger partial charge < -0.3 is 20.1 Å². The molecule has 2 aromatic carbocycles. The number of nitrogens with zero attached hydrogens (tertiary/aromatic N) is 2. The first-order chi connectivity index (χ1) is 13.2. The number of aromatic nitrogens is 2. The van der Waals surface area contributed by atoms with E-state index in [2.05, 4.69) is 20.6 Å². The van der Waals surface area contributed by atoms with E-state index < -0.39 is 0 Å². The Hall–Kier alpha value is -2.57. The molecule has 6 nitrogen and oxygen atoms in total. The molecule has 2 N–H and O–H groups in total. The van der Waals surface area contributed by atoms with Crippen molar-refractivity contribution in [2.45, 2.75) is 18.9 Å². The van der Waals surface area contributed by atoms with Gasteiger partial charge in [-0.05, 0) is 43.2 Å². The van der Waals surface area contributed by atoms with Crippen LogP contribution in [0, 0.1) is 0 Å². The molecule has 0 unspecified atom stereocenters. The van der Waals surface area contributed by atoms with Gasteiger partial charge in [-0.15, -0.1) is 0 Å². The van der Waals surface area contributed by atoms with E-state index in [0.29, 0.717) is 22.4 Å². The first kappa shape index (κ1) is 17.8. The summed E-state index contributed by atoms with van der Waals surface area (Å²) in [6, 6.07) is 13.3. The van der Waals surface area contributed by atoms with Crippen LogP contribution in [0.15, 0.2) is 42.5 Å². The molecule has 1 fully saturated rings. The number of hydrogen-bond donors (Lipinski definition) is 2. The molecule has 0 bridgehead atoms. The van der Waals surface area contributed by atoms with Gasteiger partial charge in [0.2, 0.25) is 5.95 Å². The van der Waals surface area contributed by atoms with Gasteiger partial charge in [-0.1, -0.05) is 23.7 Å². The molecule has 0 saturated carbocycles. The van der Waals surface area contributed by atoms with Crippen molar-refractivity contribution in [2.75, 3.05) is 30.9 Å². The molecule has 2 heterocycles. The Morgan fingerprint density at radius 1 is 1.22 bits per heavy atom.